The van der Waals surface area contributed by atoms with Crippen molar-refractivity contribution in [1.29, 1.82) is 0 Å². The molecular formula is C19H23N7O4S. The monoisotopic (exact) mass is 445 g/mol. The smallest absolute Gasteiger partial charge is 0.412 e. The normalized spacial score (nSPS) is 11.2. The van der Waals surface area contributed by atoms with Gasteiger partial charge in [-0.3, -0.25) is 10.3 Å². The molecule has 0 radical (unpaired) electrons. The van der Waals surface area contributed by atoms with Crippen molar-refractivity contribution in [3.8, 4) is 0 Å². The van der Waals surface area contributed by atoms with Crippen LogP contribution in [0.15, 0.2) is 24.7 Å². The summed E-state index contributed by atoms with van der Waals surface area (Å²) in [5.41, 5.74) is 1.10. The van der Waals surface area contributed by atoms with Crippen LogP contribution in [0.3, 0.4) is 0 Å². The van der Waals surface area contributed by atoms with Crippen LogP contribution in [0.4, 0.5) is 21.1 Å². The van der Waals surface area contributed by atoms with Crippen molar-refractivity contribution in [1.82, 2.24) is 25.3 Å². The Bertz CT molecular complexity index is 1080. The van der Waals surface area contributed by atoms with Crippen LogP contribution in [0.5, 0.6) is 0 Å². The molecular weight excluding hydrogens is 422 g/mol. The number of hydrogen-bond donors (Lipinski definition) is 4. The Labute approximate surface area is 182 Å². The highest BCUT2D eigenvalue weighted by molar-refractivity contribution is 7.18. The number of anilines is 2. The number of aromatic nitrogens is 4. The predicted octanol–water partition coefficient (Wildman–Crippen LogP) is 3.25. The Hall–Kier alpha value is -3.54. The SMILES string of the molecule is CC(C)(C)OC(=O)Nc1cccnc1CNc1ncnc2sc(CCNC(=O)O)nc12. The second-order valence-corrected chi connectivity index (χ2v) is 8.51. The molecule has 0 fully saturated rings. The van der Waals surface area contributed by atoms with Crippen LogP contribution in [0.25, 0.3) is 10.3 Å². The lowest BCUT2D eigenvalue weighted by Crippen LogP contribution is -2.27. The third-order valence-electron chi connectivity index (χ3n) is 3.80. The van der Waals surface area contributed by atoms with Gasteiger partial charge in [-0.2, -0.15) is 0 Å². The zero-order chi connectivity index (χ0) is 22.4. The fourth-order valence-electron chi connectivity index (χ4n) is 2.58. The second kappa shape index (κ2) is 9.51. The van der Waals surface area contributed by atoms with Gasteiger partial charge in [0.2, 0.25) is 0 Å². The molecule has 3 aromatic heterocycles. The molecule has 0 unspecified atom stereocenters. The third-order valence-corrected chi connectivity index (χ3v) is 4.83. The summed E-state index contributed by atoms with van der Waals surface area (Å²) in [6, 6.07) is 3.46. The zero-order valence-corrected chi connectivity index (χ0v) is 18.1. The van der Waals surface area contributed by atoms with Crippen LogP contribution >= 0.6 is 11.3 Å². The highest BCUT2D eigenvalue weighted by atomic mass is 32.1. The number of ether oxygens (including phenoxy) is 1. The molecule has 0 saturated heterocycles. The van der Waals surface area contributed by atoms with E-state index in [1.807, 2.05) is 0 Å². The Morgan fingerprint density at radius 3 is 2.77 bits per heavy atom. The number of rotatable bonds is 7. The first-order valence-corrected chi connectivity index (χ1v) is 10.3. The fourth-order valence-corrected chi connectivity index (χ4v) is 3.49. The molecule has 0 aliphatic carbocycles. The van der Waals surface area contributed by atoms with Crippen molar-refractivity contribution in [3.05, 3.63) is 35.4 Å². The molecule has 3 heterocycles. The van der Waals surface area contributed by atoms with Gasteiger partial charge in [0.25, 0.3) is 0 Å². The second-order valence-electron chi connectivity index (χ2n) is 7.44. The van der Waals surface area contributed by atoms with Crippen LogP contribution in [0, 0.1) is 0 Å². The van der Waals surface area contributed by atoms with Crippen LogP contribution in [-0.2, 0) is 17.7 Å². The molecule has 0 atom stereocenters. The topological polar surface area (TPSA) is 151 Å². The van der Waals surface area contributed by atoms with Gasteiger partial charge in [-0.1, -0.05) is 11.3 Å². The van der Waals surface area contributed by atoms with Crippen molar-refractivity contribution in [2.24, 2.45) is 0 Å². The molecule has 0 saturated carbocycles. The zero-order valence-electron chi connectivity index (χ0n) is 17.3. The number of carboxylic acid groups (broad SMARTS) is 1. The summed E-state index contributed by atoms with van der Waals surface area (Å²) in [6.07, 6.45) is 1.88. The summed E-state index contributed by atoms with van der Waals surface area (Å²) in [5.74, 6) is 0.521. The number of pyridine rings is 1. The molecule has 0 aromatic carbocycles. The first kappa shape index (κ1) is 22.2. The summed E-state index contributed by atoms with van der Waals surface area (Å²) in [6.45, 7) is 5.92. The lowest BCUT2D eigenvalue weighted by atomic mass is 10.2. The molecule has 31 heavy (non-hydrogen) atoms. The molecule has 4 N–H and O–H groups in total. The van der Waals surface area contributed by atoms with Crippen molar-refractivity contribution in [3.63, 3.8) is 0 Å². The summed E-state index contributed by atoms with van der Waals surface area (Å²) >= 11 is 1.38. The molecule has 3 rings (SSSR count). The van der Waals surface area contributed by atoms with E-state index in [0.29, 0.717) is 34.0 Å². The van der Waals surface area contributed by atoms with Crippen LogP contribution in [0.1, 0.15) is 31.5 Å². The molecule has 12 heteroatoms. The van der Waals surface area contributed by atoms with Crippen LogP contribution in [-0.4, -0.2) is 49.4 Å². The molecule has 2 amide bonds. The van der Waals surface area contributed by atoms with E-state index in [9.17, 15) is 9.59 Å². The number of fused-ring (bicyclic) bond motifs is 1. The first-order chi connectivity index (χ1) is 14.7. The fraction of sp³-hybridized carbons (Fsp3) is 0.368. The number of nitrogens with one attached hydrogen (secondary N) is 3. The maximum atomic E-state index is 12.1. The molecule has 0 bridgehead atoms. The lowest BCUT2D eigenvalue weighted by molar-refractivity contribution is 0.0635. The number of amides is 2. The van der Waals surface area contributed by atoms with Crippen LogP contribution in [0.2, 0.25) is 0 Å². The number of thiazole rings is 1. The van der Waals surface area contributed by atoms with E-state index in [2.05, 4.69) is 35.9 Å². The van der Waals surface area contributed by atoms with Gasteiger partial charge < -0.3 is 20.5 Å². The minimum Gasteiger partial charge on any atom is -0.465 e. The minimum atomic E-state index is -1.07. The minimum absolute atomic E-state index is 0.263. The predicted molar refractivity (Wildman–Crippen MR) is 116 cm³/mol. The van der Waals surface area contributed by atoms with Gasteiger partial charge in [-0.05, 0) is 32.9 Å². The number of carbonyl (C=O) groups excluding carboxylic acids is 1. The Morgan fingerprint density at radius 2 is 2.03 bits per heavy atom. The van der Waals surface area contributed by atoms with E-state index in [0.717, 1.165) is 5.01 Å². The van der Waals surface area contributed by atoms with Gasteiger partial charge in [-0.25, -0.2) is 24.5 Å². The van der Waals surface area contributed by atoms with Crippen molar-refractivity contribution >= 4 is 45.4 Å². The van der Waals surface area contributed by atoms with Gasteiger partial charge in [0.15, 0.2) is 5.82 Å². The largest absolute Gasteiger partial charge is 0.465 e. The highest BCUT2D eigenvalue weighted by Crippen LogP contribution is 2.25. The maximum Gasteiger partial charge on any atom is 0.412 e. The molecule has 0 aliphatic rings. The van der Waals surface area contributed by atoms with Gasteiger partial charge in [0, 0.05) is 19.2 Å². The van der Waals surface area contributed by atoms with E-state index in [1.54, 1.807) is 39.1 Å². The standard InChI is InChI=1S/C19H23N7O4S/c1-19(2,3)30-18(29)25-11-5-4-7-20-12(11)9-22-15-14-16(24-10-23-15)31-13(26-14)6-8-21-17(27)28/h4-5,7,10,21H,6,8-9H2,1-3H3,(H,25,29)(H,27,28)(H,22,23,24). The summed E-state index contributed by atoms with van der Waals surface area (Å²) < 4.78 is 5.30. The van der Waals surface area contributed by atoms with Gasteiger partial charge in [-0.15, -0.1) is 0 Å². The summed E-state index contributed by atoms with van der Waals surface area (Å²) in [7, 11) is 0. The van der Waals surface area contributed by atoms with E-state index < -0.39 is 17.8 Å². The number of carbonyl (C=O) groups is 2. The average molecular weight is 446 g/mol. The number of hydrogen-bond acceptors (Lipinski definition) is 9. The Kier molecular flexibility index (Phi) is 6.80. The van der Waals surface area contributed by atoms with E-state index in [1.165, 1.54) is 17.7 Å². The van der Waals surface area contributed by atoms with Crippen molar-refractivity contribution in [2.45, 2.75) is 39.3 Å². The first-order valence-electron chi connectivity index (χ1n) is 9.46. The molecule has 0 aliphatic heterocycles. The van der Waals surface area contributed by atoms with Gasteiger partial charge in [0.05, 0.1) is 22.9 Å². The van der Waals surface area contributed by atoms with Crippen molar-refractivity contribution in [2.75, 3.05) is 17.2 Å². The number of nitrogens with zero attached hydrogens (tertiary/aromatic N) is 4. The van der Waals surface area contributed by atoms with Crippen LogP contribution < -0.4 is 16.0 Å². The quantitative estimate of drug-likeness (QED) is 0.429. The van der Waals surface area contributed by atoms with E-state index in [4.69, 9.17) is 9.84 Å². The van der Waals surface area contributed by atoms with Gasteiger partial charge >= 0.3 is 12.2 Å². The Balaban J connectivity index is 1.70. The van der Waals surface area contributed by atoms with E-state index in [-0.39, 0.29) is 13.1 Å². The Morgan fingerprint density at radius 1 is 1.23 bits per heavy atom. The maximum absolute atomic E-state index is 12.1. The third kappa shape index (κ3) is 6.47. The molecule has 11 nitrogen and oxygen atoms in total. The molecule has 3 aromatic rings. The summed E-state index contributed by atoms with van der Waals surface area (Å²) in [4.78, 5) is 40.7. The molecule has 0 spiro atoms. The molecule has 164 valence electrons. The van der Waals surface area contributed by atoms with Gasteiger partial charge in [0.1, 0.15) is 22.3 Å². The summed E-state index contributed by atoms with van der Waals surface area (Å²) in [5, 5.41) is 17.6. The highest BCUT2D eigenvalue weighted by Gasteiger charge is 2.18. The average Bonchev–Trinajstić information content (AvgIpc) is 3.09. The van der Waals surface area contributed by atoms with E-state index >= 15 is 0 Å². The lowest BCUT2D eigenvalue weighted by Gasteiger charge is -2.20. The van der Waals surface area contributed by atoms with Crippen molar-refractivity contribution < 1.29 is 19.4 Å².